The van der Waals surface area contributed by atoms with E-state index in [2.05, 4.69) is 36.7 Å². The number of aromatic nitrogens is 2. The Morgan fingerprint density at radius 2 is 2.00 bits per heavy atom. The molecule has 0 spiro atoms. The average molecular weight is 394 g/mol. The van der Waals surface area contributed by atoms with E-state index in [0.717, 1.165) is 36.2 Å². The number of carbonyl (C=O) groups excluding carboxylic acids is 1. The van der Waals surface area contributed by atoms with Gasteiger partial charge in [-0.15, -0.1) is 0 Å². The Hall–Kier alpha value is -1.71. The molecule has 1 aromatic rings. The van der Waals surface area contributed by atoms with Gasteiger partial charge in [-0.25, -0.2) is 4.98 Å². The minimum absolute atomic E-state index is 0.226. The van der Waals surface area contributed by atoms with Gasteiger partial charge in [-0.3, -0.25) is 9.78 Å². The lowest BCUT2D eigenvalue weighted by atomic mass is 9.48. The lowest BCUT2D eigenvalue weighted by Gasteiger charge is -2.57. The minimum Gasteiger partial charge on any atom is -0.339 e. The highest BCUT2D eigenvalue weighted by Gasteiger charge is 2.60. The van der Waals surface area contributed by atoms with Gasteiger partial charge in [0, 0.05) is 25.7 Å². The van der Waals surface area contributed by atoms with Gasteiger partial charge >= 0.3 is 0 Å². The molecule has 1 saturated heterocycles. The summed E-state index contributed by atoms with van der Waals surface area (Å²) in [6, 6.07) is 0.464. The summed E-state index contributed by atoms with van der Waals surface area (Å²) in [5.41, 5.74) is 4.18. The van der Waals surface area contributed by atoms with Gasteiger partial charge in [0.05, 0.1) is 17.6 Å². The Morgan fingerprint density at radius 3 is 2.76 bits per heavy atom. The van der Waals surface area contributed by atoms with Crippen molar-refractivity contribution in [3.8, 4) is 0 Å². The number of allylic oxidation sites excluding steroid dienone is 2. The highest BCUT2D eigenvalue weighted by atomic mass is 16.2. The van der Waals surface area contributed by atoms with Gasteiger partial charge in [0.25, 0.3) is 0 Å². The second-order valence-electron chi connectivity index (χ2n) is 10.5. The smallest absolute Gasteiger partial charge is 0.219 e. The zero-order valence-electron chi connectivity index (χ0n) is 18.4. The van der Waals surface area contributed by atoms with Crippen LogP contribution in [0, 0.1) is 28.6 Å². The van der Waals surface area contributed by atoms with Crippen molar-refractivity contribution in [2.45, 2.75) is 78.7 Å². The van der Waals surface area contributed by atoms with Crippen LogP contribution < -0.4 is 0 Å². The quantitative estimate of drug-likeness (QED) is 0.718. The Kier molecular flexibility index (Phi) is 4.42. The third-order valence-electron chi connectivity index (χ3n) is 9.39. The molecule has 0 N–H and O–H groups in total. The summed E-state index contributed by atoms with van der Waals surface area (Å²) in [6.45, 7) is 9.87. The highest BCUT2D eigenvalue weighted by molar-refractivity contribution is 5.74. The molecule has 0 aromatic carbocycles. The van der Waals surface area contributed by atoms with Crippen molar-refractivity contribution in [2.75, 3.05) is 6.54 Å². The van der Waals surface area contributed by atoms with Crippen molar-refractivity contribution in [3.63, 3.8) is 0 Å². The van der Waals surface area contributed by atoms with Crippen LogP contribution in [0.4, 0.5) is 0 Å². The van der Waals surface area contributed by atoms with E-state index >= 15 is 0 Å². The Bertz CT molecular complexity index is 863. The van der Waals surface area contributed by atoms with Crippen molar-refractivity contribution in [1.29, 1.82) is 0 Å². The Labute approximate surface area is 175 Å². The molecule has 0 bridgehead atoms. The van der Waals surface area contributed by atoms with Crippen LogP contribution in [0.3, 0.4) is 0 Å². The van der Waals surface area contributed by atoms with E-state index in [4.69, 9.17) is 4.98 Å². The van der Waals surface area contributed by atoms with Crippen LogP contribution >= 0.6 is 0 Å². The molecule has 1 aromatic heterocycles. The molecule has 156 valence electrons. The molecule has 2 heterocycles. The molecule has 29 heavy (non-hydrogen) atoms. The first kappa shape index (κ1) is 19.3. The zero-order valence-corrected chi connectivity index (χ0v) is 18.4. The Balaban J connectivity index is 1.43. The van der Waals surface area contributed by atoms with Gasteiger partial charge in [0.1, 0.15) is 0 Å². The molecular formula is C25H35N3O. The first-order chi connectivity index (χ1) is 13.9. The van der Waals surface area contributed by atoms with E-state index in [9.17, 15) is 4.79 Å². The van der Waals surface area contributed by atoms with Gasteiger partial charge in [-0.1, -0.05) is 26.8 Å². The second-order valence-corrected chi connectivity index (χ2v) is 10.5. The van der Waals surface area contributed by atoms with Gasteiger partial charge < -0.3 is 4.90 Å². The molecule has 4 aliphatic rings. The lowest BCUT2D eigenvalue weighted by Crippen LogP contribution is -2.54. The van der Waals surface area contributed by atoms with Gasteiger partial charge in [0.2, 0.25) is 5.91 Å². The van der Waals surface area contributed by atoms with E-state index in [1.165, 1.54) is 44.1 Å². The van der Waals surface area contributed by atoms with Crippen molar-refractivity contribution in [3.05, 3.63) is 29.9 Å². The van der Waals surface area contributed by atoms with E-state index in [-0.39, 0.29) is 11.3 Å². The molecule has 1 aliphatic heterocycles. The van der Waals surface area contributed by atoms with Crippen LogP contribution in [0.1, 0.15) is 77.6 Å². The lowest BCUT2D eigenvalue weighted by molar-refractivity contribution is -0.134. The minimum atomic E-state index is 0.226. The topological polar surface area (TPSA) is 46.1 Å². The number of amides is 1. The summed E-state index contributed by atoms with van der Waals surface area (Å²) in [7, 11) is 0. The molecular weight excluding hydrogens is 358 g/mol. The third kappa shape index (κ3) is 2.67. The number of aryl methyl sites for hydroxylation is 1. The molecule has 0 radical (unpaired) electrons. The highest BCUT2D eigenvalue weighted by Crippen LogP contribution is 2.66. The van der Waals surface area contributed by atoms with Crippen LogP contribution in [-0.4, -0.2) is 33.4 Å². The number of carbonyl (C=O) groups is 1. The fraction of sp³-hybridized carbons (Fsp3) is 0.720. The number of likely N-dealkylation sites (tertiary alicyclic amines) is 1. The largest absolute Gasteiger partial charge is 0.339 e. The third-order valence-corrected chi connectivity index (χ3v) is 9.39. The van der Waals surface area contributed by atoms with Gasteiger partial charge in [-0.05, 0) is 79.1 Å². The first-order valence-corrected chi connectivity index (χ1v) is 11.7. The van der Waals surface area contributed by atoms with E-state index in [0.29, 0.717) is 17.4 Å². The van der Waals surface area contributed by atoms with Crippen LogP contribution in [0.15, 0.2) is 18.5 Å². The molecule has 2 saturated carbocycles. The maximum Gasteiger partial charge on any atom is 0.219 e. The molecule has 1 amide bonds. The summed E-state index contributed by atoms with van der Waals surface area (Å²) in [6.07, 6.45) is 14.7. The summed E-state index contributed by atoms with van der Waals surface area (Å²) >= 11 is 0. The summed E-state index contributed by atoms with van der Waals surface area (Å²) in [4.78, 5) is 23.8. The molecule has 4 nitrogen and oxygen atoms in total. The predicted octanol–water partition coefficient (Wildman–Crippen LogP) is 4.90. The number of hydrogen-bond acceptors (Lipinski definition) is 3. The van der Waals surface area contributed by atoms with Crippen LogP contribution in [0.25, 0.3) is 5.57 Å². The fourth-order valence-electron chi connectivity index (χ4n) is 7.86. The monoisotopic (exact) mass is 393 g/mol. The Morgan fingerprint density at radius 1 is 1.17 bits per heavy atom. The standard InChI is InChI=1S/C25H35N3O/c1-5-17-14-26-15-22(27-17)21-8-7-19-18-6-9-23-25(4,12-13-28(23)16(2)29)20(18)10-11-24(19,21)3/h8,14-15,18-20,23H,5-7,9-13H2,1-4H3/t18-,19-,20-,23?,24-,25+/m0/s1. The number of rotatable bonds is 2. The van der Waals surface area contributed by atoms with Crippen molar-refractivity contribution < 1.29 is 4.79 Å². The number of nitrogens with zero attached hydrogens (tertiary/aromatic N) is 3. The maximum atomic E-state index is 12.2. The van der Waals surface area contributed by atoms with E-state index < -0.39 is 0 Å². The molecule has 3 aliphatic carbocycles. The number of fused-ring (bicyclic) bond motifs is 5. The first-order valence-electron chi connectivity index (χ1n) is 11.7. The average Bonchev–Trinajstić information content (AvgIpc) is 3.25. The summed E-state index contributed by atoms with van der Waals surface area (Å²) in [5, 5.41) is 0. The van der Waals surface area contributed by atoms with E-state index in [1.54, 1.807) is 6.92 Å². The molecule has 6 atom stereocenters. The van der Waals surface area contributed by atoms with Crippen molar-refractivity contribution in [1.82, 2.24) is 14.9 Å². The van der Waals surface area contributed by atoms with Crippen LogP contribution in [0.2, 0.25) is 0 Å². The van der Waals surface area contributed by atoms with Crippen molar-refractivity contribution >= 4 is 11.5 Å². The number of hydrogen-bond donors (Lipinski definition) is 0. The zero-order chi connectivity index (χ0) is 20.4. The fourth-order valence-corrected chi connectivity index (χ4v) is 7.86. The molecule has 1 unspecified atom stereocenters. The molecule has 3 fully saturated rings. The van der Waals surface area contributed by atoms with Crippen LogP contribution in [-0.2, 0) is 11.2 Å². The SMILES string of the molecule is CCc1cncc(C2=CC[C@H]3[C@@H]4CCC5N(C(C)=O)CC[C@]5(C)[C@H]4CC[C@]23C)n1. The summed E-state index contributed by atoms with van der Waals surface area (Å²) in [5.74, 6) is 2.52. The molecule has 4 heteroatoms. The van der Waals surface area contributed by atoms with Gasteiger partial charge in [-0.2, -0.15) is 0 Å². The summed E-state index contributed by atoms with van der Waals surface area (Å²) < 4.78 is 0. The molecule has 5 rings (SSSR count). The predicted molar refractivity (Wildman–Crippen MR) is 115 cm³/mol. The normalized spacial score (nSPS) is 40.8. The second kappa shape index (κ2) is 6.65. The van der Waals surface area contributed by atoms with Crippen LogP contribution in [0.5, 0.6) is 0 Å². The maximum absolute atomic E-state index is 12.2. The van der Waals surface area contributed by atoms with E-state index in [1.807, 2.05) is 12.4 Å². The van der Waals surface area contributed by atoms with Crippen molar-refractivity contribution in [2.24, 2.45) is 28.6 Å². The van der Waals surface area contributed by atoms with Gasteiger partial charge in [0.15, 0.2) is 0 Å².